The van der Waals surface area contributed by atoms with Crippen LogP contribution in [0.1, 0.15) is 5.82 Å². The minimum absolute atomic E-state index is 0.150. The third-order valence-corrected chi connectivity index (χ3v) is 3.02. The highest BCUT2D eigenvalue weighted by Crippen LogP contribution is 2.27. The van der Waals surface area contributed by atoms with Gasteiger partial charge in [-0.3, -0.25) is 0 Å². The molecule has 19 heavy (non-hydrogen) atoms. The summed E-state index contributed by atoms with van der Waals surface area (Å²) < 4.78 is 15.3. The van der Waals surface area contributed by atoms with E-state index in [1.165, 1.54) is 23.0 Å². The first-order valence-corrected chi connectivity index (χ1v) is 5.88. The summed E-state index contributed by atoms with van der Waals surface area (Å²) in [6, 6.07) is 4.43. The van der Waals surface area contributed by atoms with Gasteiger partial charge in [-0.05, 0) is 19.1 Å². The number of aromatic nitrogens is 4. The summed E-state index contributed by atoms with van der Waals surface area (Å²) >= 11 is 6.03. The van der Waals surface area contributed by atoms with Crippen LogP contribution in [-0.2, 0) is 0 Å². The third kappa shape index (κ3) is 1.80. The number of benzene rings is 1. The number of nitrogen functional groups attached to an aromatic ring is 1. The van der Waals surface area contributed by atoms with Gasteiger partial charge in [-0.15, -0.1) is 0 Å². The van der Waals surface area contributed by atoms with Gasteiger partial charge in [-0.1, -0.05) is 17.7 Å². The maximum absolute atomic E-state index is 13.9. The van der Waals surface area contributed by atoms with E-state index in [-0.39, 0.29) is 10.7 Å². The van der Waals surface area contributed by atoms with Crippen molar-refractivity contribution in [1.29, 1.82) is 0 Å². The van der Waals surface area contributed by atoms with E-state index in [1.807, 2.05) is 0 Å². The molecule has 0 fully saturated rings. The van der Waals surface area contributed by atoms with Crippen molar-refractivity contribution in [1.82, 2.24) is 19.7 Å². The van der Waals surface area contributed by atoms with Gasteiger partial charge in [0.15, 0.2) is 5.65 Å². The van der Waals surface area contributed by atoms with Gasteiger partial charge in [0.1, 0.15) is 23.1 Å². The van der Waals surface area contributed by atoms with Crippen molar-refractivity contribution >= 4 is 28.5 Å². The molecule has 2 N–H and O–H groups in total. The van der Waals surface area contributed by atoms with Crippen LogP contribution in [0.5, 0.6) is 0 Å². The van der Waals surface area contributed by atoms with E-state index in [0.717, 1.165) is 0 Å². The van der Waals surface area contributed by atoms with E-state index in [2.05, 4.69) is 15.1 Å². The average molecular weight is 278 g/mol. The van der Waals surface area contributed by atoms with E-state index in [1.54, 1.807) is 13.0 Å². The first-order chi connectivity index (χ1) is 9.08. The molecule has 2 heterocycles. The number of nitrogens with zero attached hydrogens (tertiary/aromatic N) is 4. The topological polar surface area (TPSA) is 69.6 Å². The molecular weight excluding hydrogens is 269 g/mol. The summed E-state index contributed by atoms with van der Waals surface area (Å²) in [6.07, 6.45) is 1.49. The Balaban J connectivity index is 2.38. The van der Waals surface area contributed by atoms with E-state index in [9.17, 15) is 4.39 Å². The Morgan fingerprint density at radius 2 is 2.11 bits per heavy atom. The zero-order valence-corrected chi connectivity index (χ0v) is 10.7. The normalized spacial score (nSPS) is 11.1. The van der Waals surface area contributed by atoms with E-state index in [0.29, 0.717) is 22.7 Å². The molecule has 0 radical (unpaired) electrons. The predicted molar refractivity (Wildman–Crippen MR) is 70.8 cm³/mol. The summed E-state index contributed by atoms with van der Waals surface area (Å²) in [7, 11) is 0. The van der Waals surface area contributed by atoms with Crippen LogP contribution in [0.15, 0.2) is 24.4 Å². The van der Waals surface area contributed by atoms with Crippen molar-refractivity contribution in [2.45, 2.75) is 6.92 Å². The van der Waals surface area contributed by atoms with Crippen LogP contribution in [0, 0.1) is 12.7 Å². The van der Waals surface area contributed by atoms with Crippen molar-refractivity contribution in [2.24, 2.45) is 0 Å². The molecule has 0 aliphatic carbocycles. The van der Waals surface area contributed by atoms with Crippen molar-refractivity contribution in [3.05, 3.63) is 41.1 Å². The molecule has 2 aromatic heterocycles. The number of hydrogen-bond acceptors (Lipinski definition) is 4. The van der Waals surface area contributed by atoms with Crippen LogP contribution < -0.4 is 5.73 Å². The molecule has 0 saturated heterocycles. The number of anilines is 1. The molecule has 3 aromatic rings. The lowest BCUT2D eigenvalue weighted by atomic mass is 10.3. The second-order valence-corrected chi connectivity index (χ2v) is 4.43. The number of para-hydroxylation sites is 1. The molecule has 0 atom stereocenters. The minimum atomic E-state index is -0.479. The lowest BCUT2D eigenvalue weighted by Crippen LogP contribution is -2.04. The zero-order valence-electron chi connectivity index (χ0n) is 9.93. The first kappa shape index (κ1) is 11.9. The Kier molecular flexibility index (Phi) is 2.60. The lowest BCUT2D eigenvalue weighted by molar-refractivity contribution is 0.612. The van der Waals surface area contributed by atoms with Gasteiger partial charge in [0.25, 0.3) is 0 Å². The molecule has 0 saturated carbocycles. The fourth-order valence-corrected chi connectivity index (χ4v) is 2.14. The van der Waals surface area contributed by atoms with Gasteiger partial charge in [0.05, 0.1) is 16.6 Å². The third-order valence-electron chi connectivity index (χ3n) is 2.72. The summed E-state index contributed by atoms with van der Waals surface area (Å²) in [4.78, 5) is 8.28. The Labute approximate surface area is 112 Å². The molecule has 0 bridgehead atoms. The van der Waals surface area contributed by atoms with Crippen LogP contribution in [-0.4, -0.2) is 19.7 Å². The van der Waals surface area contributed by atoms with E-state index < -0.39 is 5.82 Å². The number of rotatable bonds is 1. The van der Waals surface area contributed by atoms with Gasteiger partial charge < -0.3 is 5.73 Å². The van der Waals surface area contributed by atoms with Gasteiger partial charge in [-0.2, -0.15) is 5.10 Å². The Morgan fingerprint density at radius 1 is 1.32 bits per heavy atom. The van der Waals surface area contributed by atoms with E-state index >= 15 is 0 Å². The molecule has 3 rings (SSSR count). The molecule has 96 valence electrons. The molecule has 0 aliphatic heterocycles. The van der Waals surface area contributed by atoms with Crippen LogP contribution in [0.3, 0.4) is 0 Å². The van der Waals surface area contributed by atoms with Crippen molar-refractivity contribution in [2.75, 3.05) is 5.73 Å². The van der Waals surface area contributed by atoms with Crippen LogP contribution in [0.25, 0.3) is 16.7 Å². The van der Waals surface area contributed by atoms with Gasteiger partial charge in [0, 0.05) is 0 Å². The number of halogens is 2. The second kappa shape index (κ2) is 4.17. The average Bonchev–Trinajstić information content (AvgIpc) is 2.73. The number of nitrogens with two attached hydrogens (primary N) is 1. The summed E-state index contributed by atoms with van der Waals surface area (Å²) in [6.45, 7) is 1.70. The van der Waals surface area contributed by atoms with E-state index in [4.69, 9.17) is 17.3 Å². The summed E-state index contributed by atoms with van der Waals surface area (Å²) in [5.74, 6) is 0.313. The van der Waals surface area contributed by atoms with Crippen LogP contribution in [0.4, 0.5) is 10.2 Å². The Hall–Kier alpha value is -2.21. The molecule has 1 aromatic carbocycles. The second-order valence-electron chi connectivity index (χ2n) is 4.02. The Morgan fingerprint density at radius 3 is 2.84 bits per heavy atom. The van der Waals surface area contributed by atoms with Gasteiger partial charge in [0.2, 0.25) is 0 Å². The Bertz CT molecular complexity index is 763. The molecule has 0 unspecified atom stereocenters. The maximum Gasteiger partial charge on any atom is 0.168 e. The monoisotopic (exact) mass is 277 g/mol. The van der Waals surface area contributed by atoms with Crippen molar-refractivity contribution in [3.63, 3.8) is 0 Å². The summed E-state index contributed by atoms with van der Waals surface area (Å²) in [5, 5.41) is 4.91. The highest BCUT2D eigenvalue weighted by Gasteiger charge is 2.16. The lowest BCUT2D eigenvalue weighted by Gasteiger charge is -2.07. The SMILES string of the molecule is Cc1nc(N)c2cnn(-c3c(F)cccc3Cl)c2n1. The summed E-state index contributed by atoms with van der Waals surface area (Å²) in [5.41, 5.74) is 6.37. The molecule has 7 heteroatoms. The number of fused-ring (bicyclic) bond motifs is 1. The molecule has 0 spiro atoms. The molecule has 0 aliphatic rings. The van der Waals surface area contributed by atoms with Crippen LogP contribution >= 0.6 is 11.6 Å². The zero-order chi connectivity index (χ0) is 13.6. The smallest absolute Gasteiger partial charge is 0.168 e. The largest absolute Gasteiger partial charge is 0.383 e. The molecule has 5 nitrogen and oxygen atoms in total. The van der Waals surface area contributed by atoms with Crippen LogP contribution in [0.2, 0.25) is 5.02 Å². The highest BCUT2D eigenvalue weighted by atomic mass is 35.5. The number of hydrogen-bond donors (Lipinski definition) is 1. The fourth-order valence-electron chi connectivity index (χ4n) is 1.90. The highest BCUT2D eigenvalue weighted by molar-refractivity contribution is 6.32. The predicted octanol–water partition coefficient (Wildman–Crippen LogP) is 2.50. The quantitative estimate of drug-likeness (QED) is 0.742. The van der Waals surface area contributed by atoms with Gasteiger partial charge >= 0.3 is 0 Å². The first-order valence-electron chi connectivity index (χ1n) is 5.50. The minimum Gasteiger partial charge on any atom is -0.383 e. The maximum atomic E-state index is 13.9. The number of aryl methyl sites for hydroxylation is 1. The fraction of sp³-hybridized carbons (Fsp3) is 0.0833. The van der Waals surface area contributed by atoms with Crippen molar-refractivity contribution < 1.29 is 4.39 Å². The standard InChI is InChI=1S/C12H9ClFN5/c1-6-17-11(15)7-5-16-19(12(7)18-6)10-8(13)3-2-4-9(10)14/h2-5H,1H3,(H2,15,17,18). The molecular formula is C12H9ClFN5. The molecule has 0 amide bonds. The van der Waals surface area contributed by atoms with Gasteiger partial charge in [-0.25, -0.2) is 19.0 Å². The van der Waals surface area contributed by atoms with Crippen molar-refractivity contribution in [3.8, 4) is 5.69 Å².